The van der Waals surface area contributed by atoms with Gasteiger partial charge in [0, 0.05) is 13.6 Å². The number of rotatable bonds is 4. The first kappa shape index (κ1) is 10.9. The molecule has 78 valence electrons. The number of nitrogen functional groups attached to an aromatic ring is 1. The molecule has 1 aromatic rings. The maximum Gasteiger partial charge on any atom is 0.0597 e. The maximum atomic E-state index is 9.16. The van der Waals surface area contributed by atoms with Crippen LogP contribution < -0.4 is 10.6 Å². The van der Waals surface area contributed by atoms with Gasteiger partial charge in [0.25, 0.3) is 0 Å². The number of hydrogen-bond donors (Lipinski definition) is 2. The molecule has 0 aliphatic rings. The van der Waals surface area contributed by atoms with Crippen molar-refractivity contribution in [3.05, 3.63) is 24.3 Å². The van der Waals surface area contributed by atoms with Crippen molar-refractivity contribution in [2.75, 3.05) is 24.2 Å². The van der Waals surface area contributed by atoms with Crippen molar-refractivity contribution in [1.82, 2.24) is 0 Å². The number of aliphatic hydroxyl groups excluding tert-OH is 1. The molecule has 14 heavy (non-hydrogen) atoms. The normalized spacial score (nSPS) is 12.5. The van der Waals surface area contributed by atoms with Gasteiger partial charge in [0.15, 0.2) is 0 Å². The summed E-state index contributed by atoms with van der Waals surface area (Å²) >= 11 is 0. The predicted molar refractivity (Wildman–Crippen MR) is 60.4 cm³/mol. The third-order valence-electron chi connectivity index (χ3n) is 2.23. The number of aliphatic hydroxyl groups is 1. The molecular formula is C11H18N2O. The average molecular weight is 194 g/mol. The zero-order valence-electron chi connectivity index (χ0n) is 8.77. The van der Waals surface area contributed by atoms with Gasteiger partial charge in [0.05, 0.1) is 17.5 Å². The van der Waals surface area contributed by atoms with Crippen LogP contribution in [-0.4, -0.2) is 24.8 Å². The van der Waals surface area contributed by atoms with Gasteiger partial charge in [-0.05, 0) is 25.5 Å². The fourth-order valence-corrected chi connectivity index (χ4v) is 1.34. The SMILES string of the molecule is CC(O)CCN(C)c1ccccc1N. The Hall–Kier alpha value is -1.22. The first-order valence-corrected chi connectivity index (χ1v) is 4.85. The average Bonchev–Trinajstić information content (AvgIpc) is 2.15. The summed E-state index contributed by atoms with van der Waals surface area (Å²) in [5, 5.41) is 9.16. The van der Waals surface area contributed by atoms with Crippen LogP contribution in [0.3, 0.4) is 0 Å². The number of nitrogens with two attached hydrogens (primary N) is 1. The highest BCUT2D eigenvalue weighted by Crippen LogP contribution is 2.20. The molecule has 1 rings (SSSR count). The molecule has 0 aliphatic heterocycles. The highest BCUT2D eigenvalue weighted by atomic mass is 16.3. The van der Waals surface area contributed by atoms with E-state index in [1.54, 1.807) is 6.92 Å². The molecule has 1 atom stereocenters. The van der Waals surface area contributed by atoms with Crippen molar-refractivity contribution in [3.63, 3.8) is 0 Å². The van der Waals surface area contributed by atoms with Gasteiger partial charge in [-0.1, -0.05) is 12.1 Å². The molecule has 0 aliphatic carbocycles. The van der Waals surface area contributed by atoms with Crippen LogP contribution in [0, 0.1) is 0 Å². The van der Waals surface area contributed by atoms with Crippen LogP contribution in [0.4, 0.5) is 11.4 Å². The molecule has 0 radical (unpaired) electrons. The first-order chi connectivity index (χ1) is 6.61. The van der Waals surface area contributed by atoms with Crippen molar-refractivity contribution >= 4 is 11.4 Å². The van der Waals surface area contributed by atoms with Gasteiger partial charge in [-0.25, -0.2) is 0 Å². The second-order valence-electron chi connectivity index (χ2n) is 3.62. The minimum Gasteiger partial charge on any atom is -0.397 e. The number of hydrogen-bond acceptors (Lipinski definition) is 3. The van der Waals surface area contributed by atoms with Gasteiger partial charge in [-0.15, -0.1) is 0 Å². The van der Waals surface area contributed by atoms with Crippen LogP contribution in [0.2, 0.25) is 0 Å². The molecular weight excluding hydrogens is 176 g/mol. The van der Waals surface area contributed by atoms with Gasteiger partial charge in [0.1, 0.15) is 0 Å². The molecule has 3 heteroatoms. The van der Waals surface area contributed by atoms with Crippen LogP contribution in [0.25, 0.3) is 0 Å². The Morgan fingerprint density at radius 1 is 1.43 bits per heavy atom. The summed E-state index contributed by atoms with van der Waals surface area (Å²) in [6.45, 7) is 2.61. The van der Waals surface area contributed by atoms with Crippen LogP contribution in [0.1, 0.15) is 13.3 Å². The van der Waals surface area contributed by atoms with Crippen molar-refractivity contribution in [3.8, 4) is 0 Å². The fourth-order valence-electron chi connectivity index (χ4n) is 1.34. The van der Waals surface area contributed by atoms with Crippen molar-refractivity contribution in [2.45, 2.75) is 19.4 Å². The number of nitrogens with zero attached hydrogens (tertiary/aromatic N) is 1. The number of anilines is 2. The van der Waals surface area contributed by atoms with E-state index >= 15 is 0 Å². The molecule has 0 bridgehead atoms. The zero-order valence-corrected chi connectivity index (χ0v) is 8.77. The lowest BCUT2D eigenvalue weighted by Gasteiger charge is -2.21. The Bertz CT molecular complexity index is 286. The molecule has 0 spiro atoms. The van der Waals surface area contributed by atoms with Gasteiger partial charge in [-0.3, -0.25) is 0 Å². The lowest BCUT2D eigenvalue weighted by Crippen LogP contribution is -2.22. The Morgan fingerprint density at radius 2 is 2.07 bits per heavy atom. The zero-order chi connectivity index (χ0) is 10.6. The quantitative estimate of drug-likeness (QED) is 0.714. The monoisotopic (exact) mass is 194 g/mol. The van der Waals surface area contributed by atoms with Crippen LogP contribution >= 0.6 is 0 Å². The lowest BCUT2D eigenvalue weighted by atomic mass is 10.2. The Balaban J connectivity index is 2.60. The van der Waals surface area contributed by atoms with E-state index in [0.29, 0.717) is 0 Å². The third kappa shape index (κ3) is 2.92. The molecule has 3 N–H and O–H groups in total. The van der Waals surface area contributed by atoms with E-state index in [4.69, 9.17) is 10.8 Å². The summed E-state index contributed by atoms with van der Waals surface area (Å²) < 4.78 is 0. The van der Waals surface area contributed by atoms with Crippen LogP contribution in [-0.2, 0) is 0 Å². The summed E-state index contributed by atoms with van der Waals surface area (Å²) in [5.41, 5.74) is 7.62. The predicted octanol–water partition coefficient (Wildman–Crippen LogP) is 1.48. The molecule has 1 aromatic carbocycles. The largest absolute Gasteiger partial charge is 0.397 e. The van der Waals surface area contributed by atoms with Crippen molar-refractivity contribution in [2.24, 2.45) is 0 Å². The second-order valence-corrected chi connectivity index (χ2v) is 3.62. The number of benzene rings is 1. The lowest BCUT2D eigenvalue weighted by molar-refractivity contribution is 0.187. The van der Waals surface area contributed by atoms with Gasteiger partial charge >= 0.3 is 0 Å². The van der Waals surface area contributed by atoms with Gasteiger partial charge in [0.2, 0.25) is 0 Å². The molecule has 0 heterocycles. The van der Waals surface area contributed by atoms with E-state index in [1.165, 1.54) is 0 Å². The van der Waals surface area contributed by atoms with Crippen LogP contribution in [0.15, 0.2) is 24.3 Å². The fraction of sp³-hybridized carbons (Fsp3) is 0.455. The topological polar surface area (TPSA) is 49.5 Å². The molecule has 3 nitrogen and oxygen atoms in total. The molecule has 0 saturated carbocycles. The summed E-state index contributed by atoms with van der Waals surface area (Å²) in [5.74, 6) is 0. The molecule has 1 unspecified atom stereocenters. The summed E-state index contributed by atoms with van der Waals surface area (Å²) in [4.78, 5) is 2.06. The van der Waals surface area contributed by atoms with E-state index in [9.17, 15) is 0 Å². The summed E-state index contributed by atoms with van der Waals surface area (Å²) in [7, 11) is 1.98. The highest BCUT2D eigenvalue weighted by Gasteiger charge is 2.05. The van der Waals surface area contributed by atoms with Crippen molar-refractivity contribution in [1.29, 1.82) is 0 Å². The highest BCUT2D eigenvalue weighted by molar-refractivity contribution is 5.66. The molecule has 0 saturated heterocycles. The first-order valence-electron chi connectivity index (χ1n) is 4.85. The minimum absolute atomic E-state index is 0.262. The minimum atomic E-state index is -0.262. The van der Waals surface area contributed by atoms with E-state index in [-0.39, 0.29) is 6.10 Å². The van der Waals surface area contributed by atoms with Gasteiger partial charge in [-0.2, -0.15) is 0 Å². The van der Waals surface area contributed by atoms with Crippen LogP contribution in [0.5, 0.6) is 0 Å². The Morgan fingerprint density at radius 3 is 2.64 bits per heavy atom. The third-order valence-corrected chi connectivity index (χ3v) is 2.23. The molecule has 0 fully saturated rings. The standard InChI is InChI=1S/C11H18N2O/c1-9(14)7-8-13(2)11-6-4-3-5-10(11)12/h3-6,9,14H,7-8,12H2,1-2H3. The number of para-hydroxylation sites is 2. The van der Waals surface area contributed by atoms with E-state index < -0.39 is 0 Å². The Kier molecular flexibility index (Phi) is 3.77. The smallest absolute Gasteiger partial charge is 0.0597 e. The van der Waals surface area contributed by atoms with Gasteiger partial charge < -0.3 is 15.7 Å². The molecule has 0 aromatic heterocycles. The molecule has 0 amide bonds. The maximum absolute atomic E-state index is 9.16. The van der Waals surface area contributed by atoms with E-state index in [2.05, 4.69) is 4.90 Å². The van der Waals surface area contributed by atoms with E-state index in [0.717, 1.165) is 24.3 Å². The second kappa shape index (κ2) is 4.86. The van der Waals surface area contributed by atoms with Crippen molar-refractivity contribution < 1.29 is 5.11 Å². The summed E-state index contributed by atoms with van der Waals surface area (Å²) in [6, 6.07) is 7.75. The van der Waals surface area contributed by atoms with E-state index in [1.807, 2.05) is 31.3 Å². The Labute approximate surface area is 85.2 Å². The summed E-state index contributed by atoms with van der Waals surface area (Å²) in [6.07, 6.45) is 0.493.